The lowest BCUT2D eigenvalue weighted by Gasteiger charge is -2.44. The van der Waals surface area contributed by atoms with Crippen LogP contribution in [0.5, 0.6) is 0 Å². The van der Waals surface area contributed by atoms with Crippen LogP contribution in [0.15, 0.2) is 12.2 Å². The van der Waals surface area contributed by atoms with Crippen molar-refractivity contribution in [2.75, 3.05) is 18.0 Å². The lowest BCUT2D eigenvalue weighted by Crippen LogP contribution is -2.61. The summed E-state index contributed by atoms with van der Waals surface area (Å²) in [4.78, 5) is 21.9. The van der Waals surface area contributed by atoms with E-state index in [0.29, 0.717) is 12.0 Å². The molecule has 7 heteroatoms. The van der Waals surface area contributed by atoms with E-state index in [4.69, 9.17) is 4.98 Å². The molecule has 0 aromatic carbocycles. The molecule has 2 fully saturated rings. The van der Waals surface area contributed by atoms with Crippen molar-refractivity contribution in [2.45, 2.75) is 96.4 Å². The molecule has 1 saturated heterocycles. The summed E-state index contributed by atoms with van der Waals surface area (Å²) in [5.41, 5.74) is -0.684. The monoisotopic (exact) mass is 490 g/mol. The summed E-state index contributed by atoms with van der Waals surface area (Å²) in [5.74, 6) is -1.33. The second-order valence-electron chi connectivity index (χ2n) is 11.2. The van der Waals surface area contributed by atoms with E-state index in [1.807, 2.05) is 6.92 Å². The number of rotatable bonds is 4. The molecule has 1 saturated carbocycles. The van der Waals surface area contributed by atoms with E-state index in [1.165, 1.54) is 30.6 Å². The van der Waals surface area contributed by atoms with Crippen LogP contribution in [-0.4, -0.2) is 57.0 Å². The van der Waals surface area contributed by atoms with Gasteiger partial charge in [-0.15, -0.1) is 11.3 Å². The molecule has 3 N–H and O–H groups in total. The first-order valence-corrected chi connectivity index (χ1v) is 14.0. The number of aromatic nitrogens is 1. The smallest absolute Gasteiger partial charge is 0.193 e. The zero-order valence-corrected chi connectivity index (χ0v) is 22.0. The number of carbonyl (C=O) groups excluding carboxylic acids is 1. The Kier molecular flexibility index (Phi) is 7.59. The van der Waals surface area contributed by atoms with Gasteiger partial charge in [0, 0.05) is 23.9 Å². The predicted molar refractivity (Wildman–Crippen MR) is 136 cm³/mol. The van der Waals surface area contributed by atoms with Gasteiger partial charge in [0.2, 0.25) is 0 Å². The quantitative estimate of drug-likeness (QED) is 0.435. The van der Waals surface area contributed by atoms with Gasteiger partial charge in [0.1, 0.15) is 6.10 Å². The molecule has 0 amide bonds. The second kappa shape index (κ2) is 10.00. The average molecular weight is 491 g/mol. The molecule has 1 aliphatic heterocycles. The number of Topliss-reactive ketones (excluding diaryl/α,β-unsaturated/α-hetero) is 1. The van der Waals surface area contributed by atoms with Crippen LogP contribution in [0, 0.1) is 23.7 Å². The highest BCUT2D eigenvalue weighted by Crippen LogP contribution is 2.47. The van der Waals surface area contributed by atoms with E-state index in [2.05, 4.69) is 25.3 Å². The summed E-state index contributed by atoms with van der Waals surface area (Å²) in [6.45, 7) is 13.9. The minimum absolute atomic E-state index is 0.0455. The van der Waals surface area contributed by atoms with E-state index >= 15 is 0 Å². The Labute approximate surface area is 208 Å². The summed E-state index contributed by atoms with van der Waals surface area (Å²) >= 11 is 1.77. The minimum atomic E-state index is -2.03. The molecule has 1 aromatic heterocycles. The van der Waals surface area contributed by atoms with Gasteiger partial charge in [-0.25, -0.2) is 4.98 Å². The number of hydrogen-bond donors (Lipinski definition) is 3. The van der Waals surface area contributed by atoms with Gasteiger partial charge < -0.3 is 20.2 Å². The summed E-state index contributed by atoms with van der Waals surface area (Å²) in [6, 6.07) is 0. The van der Waals surface area contributed by atoms with E-state index in [1.54, 1.807) is 18.3 Å². The van der Waals surface area contributed by atoms with Gasteiger partial charge in [0.25, 0.3) is 0 Å². The summed E-state index contributed by atoms with van der Waals surface area (Å²) in [6.07, 6.45) is 4.23. The number of anilines is 1. The lowest BCUT2D eigenvalue weighted by molar-refractivity contribution is -0.179. The van der Waals surface area contributed by atoms with Gasteiger partial charge in [0.05, 0.1) is 11.8 Å². The fraction of sp³-hybridized carbons (Fsp3) is 0.778. The molecule has 8 unspecified atom stereocenters. The highest BCUT2D eigenvalue weighted by Gasteiger charge is 2.55. The summed E-state index contributed by atoms with van der Waals surface area (Å²) in [7, 11) is 0. The van der Waals surface area contributed by atoms with Crippen molar-refractivity contribution in [3.8, 4) is 0 Å². The molecule has 6 nitrogen and oxygen atoms in total. The van der Waals surface area contributed by atoms with Crippen LogP contribution in [-0.2, 0) is 11.2 Å². The maximum atomic E-state index is 13.2. The Balaban J connectivity index is 1.59. The van der Waals surface area contributed by atoms with Crippen molar-refractivity contribution >= 4 is 22.3 Å². The maximum absolute atomic E-state index is 13.2. The zero-order chi connectivity index (χ0) is 24.8. The number of aliphatic hydroxyl groups excluding tert-OH is 2. The Morgan fingerprint density at radius 1 is 1.09 bits per heavy atom. The Hall–Kier alpha value is -1.28. The fourth-order valence-electron chi connectivity index (χ4n) is 6.48. The molecule has 1 aromatic rings. The number of hydrogen-bond acceptors (Lipinski definition) is 7. The van der Waals surface area contributed by atoms with Crippen molar-refractivity contribution in [3.05, 3.63) is 22.7 Å². The normalized spacial score (nSPS) is 37.0. The highest BCUT2D eigenvalue weighted by atomic mass is 32.1. The molecule has 0 bridgehead atoms. The lowest BCUT2D eigenvalue weighted by atomic mass is 9.66. The fourth-order valence-corrected chi connectivity index (χ4v) is 7.84. The molecule has 34 heavy (non-hydrogen) atoms. The van der Waals surface area contributed by atoms with Gasteiger partial charge >= 0.3 is 0 Å². The van der Waals surface area contributed by atoms with Gasteiger partial charge in [-0.3, -0.25) is 4.79 Å². The number of ketones is 1. The predicted octanol–water partition coefficient (Wildman–Crippen LogP) is 4.08. The van der Waals surface area contributed by atoms with Crippen LogP contribution < -0.4 is 4.90 Å². The molecule has 4 rings (SSSR count). The molecule has 190 valence electrons. The Bertz CT molecular complexity index is 908. The Morgan fingerprint density at radius 3 is 2.38 bits per heavy atom. The first-order valence-electron chi connectivity index (χ1n) is 13.1. The van der Waals surface area contributed by atoms with Crippen molar-refractivity contribution in [1.29, 1.82) is 0 Å². The third-order valence-corrected chi connectivity index (χ3v) is 10.1. The first-order chi connectivity index (χ1) is 16.1. The molecular formula is C27H42N2O4S. The summed E-state index contributed by atoms with van der Waals surface area (Å²) in [5, 5.41) is 35.5. The minimum Gasteiger partial charge on any atom is -0.390 e. The van der Waals surface area contributed by atoms with Gasteiger partial charge in [-0.1, -0.05) is 47.1 Å². The standard InChI is InChI=1S/C27H42N2O4S/c1-15-10-11-17(3)27(33,24(31)18(15)4)25(32)23(30)21-16(2)14-20-22(19(21)5)28-26(34-20)29-12-8-6-7-9-13-29/h15-17,19,21,23,25,30,32-33H,4,6-14H2,1-3,5H3. The number of thiazole rings is 1. The van der Waals surface area contributed by atoms with E-state index in [9.17, 15) is 20.1 Å². The number of carbonyl (C=O) groups is 1. The largest absolute Gasteiger partial charge is 0.390 e. The van der Waals surface area contributed by atoms with E-state index in [0.717, 1.165) is 36.8 Å². The van der Waals surface area contributed by atoms with E-state index in [-0.39, 0.29) is 23.7 Å². The van der Waals surface area contributed by atoms with E-state index < -0.39 is 29.5 Å². The first kappa shape index (κ1) is 25.8. The van der Waals surface area contributed by atoms with Crippen LogP contribution in [0.3, 0.4) is 0 Å². The van der Waals surface area contributed by atoms with Crippen LogP contribution in [0.2, 0.25) is 0 Å². The zero-order valence-electron chi connectivity index (χ0n) is 21.2. The molecular weight excluding hydrogens is 448 g/mol. The van der Waals surface area contributed by atoms with Gasteiger partial charge in [0.15, 0.2) is 16.5 Å². The topological polar surface area (TPSA) is 93.9 Å². The van der Waals surface area contributed by atoms with Crippen molar-refractivity contribution in [3.63, 3.8) is 0 Å². The maximum Gasteiger partial charge on any atom is 0.193 e. The molecule has 2 aliphatic carbocycles. The highest BCUT2D eigenvalue weighted by molar-refractivity contribution is 7.15. The third kappa shape index (κ3) is 4.38. The van der Waals surface area contributed by atoms with Gasteiger partial charge in [-0.2, -0.15) is 0 Å². The third-order valence-electron chi connectivity index (χ3n) is 8.97. The molecule has 0 spiro atoms. The van der Waals surface area contributed by atoms with Crippen molar-refractivity contribution in [1.82, 2.24) is 4.98 Å². The van der Waals surface area contributed by atoms with Gasteiger partial charge in [-0.05, 0) is 61.3 Å². The molecule has 2 heterocycles. The van der Waals surface area contributed by atoms with Crippen LogP contribution >= 0.6 is 11.3 Å². The number of nitrogens with zero attached hydrogens (tertiary/aromatic N) is 2. The molecule has 8 atom stereocenters. The number of fused-ring (bicyclic) bond motifs is 1. The van der Waals surface area contributed by atoms with Crippen molar-refractivity contribution in [2.24, 2.45) is 23.7 Å². The average Bonchev–Trinajstić information content (AvgIpc) is 3.01. The number of aliphatic hydroxyl groups is 3. The van der Waals surface area contributed by atoms with Crippen LogP contribution in [0.4, 0.5) is 5.13 Å². The second-order valence-corrected chi connectivity index (χ2v) is 12.3. The molecule has 0 radical (unpaired) electrons. The van der Waals surface area contributed by atoms with Crippen molar-refractivity contribution < 1.29 is 20.1 Å². The SMILES string of the molecule is C=C1C(=O)C(O)(C(O)C(O)C2C(C)Cc3sc(N4CCCCCC4)nc3C2C)C(C)CCC1C. The molecule has 3 aliphatic rings. The summed E-state index contributed by atoms with van der Waals surface area (Å²) < 4.78 is 0. The van der Waals surface area contributed by atoms with Crippen LogP contribution in [0.25, 0.3) is 0 Å². The van der Waals surface area contributed by atoms with Crippen LogP contribution in [0.1, 0.15) is 82.7 Å². The Morgan fingerprint density at radius 2 is 1.74 bits per heavy atom.